The van der Waals surface area contributed by atoms with E-state index in [1.54, 1.807) is 11.8 Å². The Bertz CT molecular complexity index is 517. The Morgan fingerprint density at radius 1 is 1.38 bits per heavy atom. The summed E-state index contributed by atoms with van der Waals surface area (Å²) in [6, 6.07) is 7.73. The summed E-state index contributed by atoms with van der Waals surface area (Å²) in [4.78, 5) is 13.2. The fourth-order valence-corrected chi connectivity index (χ4v) is 3.37. The molecule has 3 rings (SSSR count). The van der Waals surface area contributed by atoms with Crippen LogP contribution in [0.5, 0.6) is 0 Å². The second-order valence-corrected chi connectivity index (χ2v) is 6.26. The first-order chi connectivity index (χ1) is 10.2. The number of anilines is 1. The Labute approximate surface area is 128 Å². The molecule has 0 radical (unpaired) electrons. The zero-order valence-electron chi connectivity index (χ0n) is 12.1. The highest BCUT2D eigenvalue weighted by Gasteiger charge is 2.44. The van der Waals surface area contributed by atoms with Gasteiger partial charge in [0, 0.05) is 29.5 Å². The predicted molar refractivity (Wildman–Crippen MR) is 82.7 cm³/mol. The molecule has 1 heterocycles. The fraction of sp³-hybridized carbons (Fsp3) is 0.533. The van der Waals surface area contributed by atoms with E-state index in [9.17, 15) is 4.79 Å². The summed E-state index contributed by atoms with van der Waals surface area (Å²) in [7, 11) is 0. The van der Waals surface area contributed by atoms with Gasteiger partial charge in [-0.2, -0.15) is 0 Å². The van der Waals surface area contributed by atoms with Crippen molar-refractivity contribution in [1.82, 2.24) is 5.32 Å². The highest BCUT2D eigenvalue weighted by Crippen LogP contribution is 2.37. The molecule has 2 amide bonds. The maximum Gasteiger partial charge on any atom is 0.319 e. The van der Waals surface area contributed by atoms with Crippen LogP contribution in [0.15, 0.2) is 29.2 Å². The molecule has 1 saturated carbocycles. The lowest BCUT2D eigenvalue weighted by Gasteiger charge is -2.21. The molecule has 1 atom stereocenters. The van der Waals surface area contributed by atoms with Crippen molar-refractivity contribution >= 4 is 23.5 Å². The summed E-state index contributed by atoms with van der Waals surface area (Å²) in [6.45, 7) is 1.31. The number of hydrogen-bond acceptors (Lipinski definition) is 4. The maximum atomic E-state index is 12.1. The maximum absolute atomic E-state index is 12.1. The number of nitrogens with one attached hydrogen (secondary N) is 2. The van der Waals surface area contributed by atoms with Gasteiger partial charge in [-0.15, -0.1) is 11.8 Å². The van der Waals surface area contributed by atoms with Crippen LogP contribution in [0.4, 0.5) is 10.5 Å². The molecule has 0 unspecified atom stereocenters. The van der Waals surface area contributed by atoms with E-state index in [1.165, 1.54) is 0 Å². The van der Waals surface area contributed by atoms with Crippen LogP contribution in [-0.4, -0.2) is 37.3 Å². The Kier molecular flexibility index (Phi) is 4.37. The quantitative estimate of drug-likeness (QED) is 0.843. The Balaban J connectivity index is 1.52. The minimum absolute atomic E-state index is 0.104. The molecule has 5 nitrogen and oxygen atoms in total. The van der Waals surface area contributed by atoms with E-state index in [4.69, 9.17) is 9.47 Å². The summed E-state index contributed by atoms with van der Waals surface area (Å²) in [6.07, 6.45) is 4.47. The Hall–Kier alpha value is -1.24. The van der Waals surface area contributed by atoms with Gasteiger partial charge in [0.25, 0.3) is 0 Å². The van der Waals surface area contributed by atoms with Crippen LogP contribution in [0.25, 0.3) is 0 Å². The average Bonchev–Trinajstić information content (AvgIpc) is 3.09. The van der Waals surface area contributed by atoms with Crippen LogP contribution in [0.1, 0.15) is 19.3 Å². The van der Waals surface area contributed by atoms with Crippen LogP contribution in [0.3, 0.4) is 0 Å². The highest BCUT2D eigenvalue weighted by atomic mass is 32.2. The molecule has 21 heavy (non-hydrogen) atoms. The molecular formula is C15H20N2O3S. The molecule has 114 valence electrons. The topological polar surface area (TPSA) is 59.6 Å². The van der Waals surface area contributed by atoms with E-state index < -0.39 is 5.79 Å². The summed E-state index contributed by atoms with van der Waals surface area (Å²) in [5.74, 6) is -0.448. The van der Waals surface area contributed by atoms with Crippen molar-refractivity contribution < 1.29 is 14.3 Å². The number of hydrogen-bond donors (Lipinski definition) is 2. The van der Waals surface area contributed by atoms with Crippen molar-refractivity contribution in [3.63, 3.8) is 0 Å². The SMILES string of the molecule is CSc1cccc(NC(=O)N[C@@H]2CCC3(C2)OCCO3)c1. The van der Waals surface area contributed by atoms with Crippen molar-refractivity contribution in [3.8, 4) is 0 Å². The number of carbonyl (C=O) groups excluding carboxylic acids is 1. The molecule has 0 aromatic heterocycles. The van der Waals surface area contributed by atoms with E-state index in [0.29, 0.717) is 13.2 Å². The summed E-state index contributed by atoms with van der Waals surface area (Å²) in [5.41, 5.74) is 0.806. The molecule has 2 N–H and O–H groups in total. The van der Waals surface area contributed by atoms with Crippen LogP contribution in [0, 0.1) is 0 Å². The zero-order valence-corrected chi connectivity index (χ0v) is 12.9. The van der Waals surface area contributed by atoms with Gasteiger partial charge in [-0.25, -0.2) is 4.79 Å². The van der Waals surface area contributed by atoms with Gasteiger partial charge < -0.3 is 20.1 Å². The zero-order chi connectivity index (χ0) is 14.7. The third-order valence-corrected chi connectivity index (χ3v) is 4.63. The second kappa shape index (κ2) is 6.25. The Morgan fingerprint density at radius 3 is 2.95 bits per heavy atom. The van der Waals surface area contributed by atoms with Gasteiger partial charge in [-0.3, -0.25) is 0 Å². The predicted octanol–water partition coefficient (Wildman–Crippen LogP) is 2.83. The van der Waals surface area contributed by atoms with Crippen LogP contribution >= 0.6 is 11.8 Å². The number of benzene rings is 1. The van der Waals surface area contributed by atoms with Crippen molar-refractivity contribution in [2.24, 2.45) is 0 Å². The molecule has 6 heteroatoms. The van der Waals surface area contributed by atoms with E-state index in [-0.39, 0.29) is 12.1 Å². The highest BCUT2D eigenvalue weighted by molar-refractivity contribution is 7.98. The van der Waals surface area contributed by atoms with Gasteiger partial charge in [0.2, 0.25) is 0 Å². The lowest BCUT2D eigenvalue weighted by molar-refractivity contribution is -0.151. The minimum Gasteiger partial charge on any atom is -0.347 e. The molecule has 1 aliphatic heterocycles. The summed E-state index contributed by atoms with van der Waals surface area (Å²) >= 11 is 1.65. The molecule has 0 bridgehead atoms. The van der Waals surface area contributed by atoms with E-state index in [2.05, 4.69) is 10.6 Å². The monoisotopic (exact) mass is 308 g/mol. The Morgan fingerprint density at radius 2 is 2.19 bits per heavy atom. The lowest BCUT2D eigenvalue weighted by atomic mass is 10.2. The molecule has 2 aliphatic rings. The standard InChI is InChI=1S/C15H20N2O3S/c1-21-13-4-2-3-11(9-13)16-14(18)17-12-5-6-15(10-12)19-7-8-20-15/h2-4,9,12H,5-8,10H2,1H3,(H2,16,17,18)/t12-/m1/s1. The van der Waals surface area contributed by atoms with Crippen LogP contribution < -0.4 is 10.6 Å². The molecular weight excluding hydrogens is 288 g/mol. The normalized spacial score (nSPS) is 23.4. The smallest absolute Gasteiger partial charge is 0.319 e. The number of urea groups is 1. The van der Waals surface area contributed by atoms with E-state index in [1.807, 2.05) is 30.5 Å². The number of amides is 2. The number of rotatable bonds is 3. The third-order valence-electron chi connectivity index (χ3n) is 3.91. The van der Waals surface area contributed by atoms with E-state index in [0.717, 1.165) is 29.8 Å². The fourth-order valence-electron chi connectivity index (χ4n) is 2.91. The number of ether oxygens (including phenoxy) is 2. The lowest BCUT2D eigenvalue weighted by Crippen LogP contribution is -2.38. The van der Waals surface area contributed by atoms with Gasteiger partial charge in [0.05, 0.1) is 13.2 Å². The molecule has 1 spiro atoms. The van der Waals surface area contributed by atoms with Gasteiger partial charge in [0.1, 0.15) is 0 Å². The van der Waals surface area contributed by atoms with Gasteiger partial charge in [-0.05, 0) is 30.9 Å². The minimum atomic E-state index is -0.448. The molecule has 1 aliphatic carbocycles. The molecule has 2 fully saturated rings. The second-order valence-electron chi connectivity index (χ2n) is 5.38. The van der Waals surface area contributed by atoms with Crippen molar-refractivity contribution in [2.45, 2.75) is 36.0 Å². The first-order valence-electron chi connectivity index (χ1n) is 7.19. The van der Waals surface area contributed by atoms with Crippen LogP contribution in [0.2, 0.25) is 0 Å². The molecule has 1 aromatic rings. The van der Waals surface area contributed by atoms with Crippen molar-refractivity contribution in [3.05, 3.63) is 24.3 Å². The average molecular weight is 308 g/mol. The third kappa shape index (κ3) is 3.51. The summed E-state index contributed by atoms with van der Waals surface area (Å²) in [5, 5.41) is 5.88. The van der Waals surface area contributed by atoms with Crippen LogP contribution in [-0.2, 0) is 9.47 Å². The molecule has 1 saturated heterocycles. The van der Waals surface area contributed by atoms with E-state index >= 15 is 0 Å². The largest absolute Gasteiger partial charge is 0.347 e. The number of carbonyl (C=O) groups is 1. The number of thioether (sulfide) groups is 1. The van der Waals surface area contributed by atoms with Gasteiger partial charge in [-0.1, -0.05) is 6.07 Å². The summed E-state index contributed by atoms with van der Waals surface area (Å²) < 4.78 is 11.3. The first kappa shape index (κ1) is 14.7. The van der Waals surface area contributed by atoms with Crippen molar-refractivity contribution in [1.29, 1.82) is 0 Å². The first-order valence-corrected chi connectivity index (χ1v) is 8.41. The molecule has 1 aromatic carbocycles. The van der Waals surface area contributed by atoms with Gasteiger partial charge >= 0.3 is 6.03 Å². The van der Waals surface area contributed by atoms with Crippen molar-refractivity contribution in [2.75, 3.05) is 24.8 Å². The van der Waals surface area contributed by atoms with Gasteiger partial charge in [0.15, 0.2) is 5.79 Å².